The average Bonchev–Trinajstić information content (AvgIpc) is 2.53. The summed E-state index contributed by atoms with van der Waals surface area (Å²) in [6, 6.07) is 12.1. The Morgan fingerprint density at radius 2 is 1.73 bits per heavy atom. The van der Waals surface area contributed by atoms with E-state index in [0.29, 0.717) is 17.8 Å². The summed E-state index contributed by atoms with van der Waals surface area (Å²) < 4.78 is 26.1. The van der Waals surface area contributed by atoms with Gasteiger partial charge in [-0.3, -0.25) is 9.10 Å². The van der Waals surface area contributed by atoms with E-state index in [1.54, 1.807) is 25.1 Å². The van der Waals surface area contributed by atoms with E-state index in [1.165, 1.54) is 4.31 Å². The molecule has 1 atom stereocenters. The minimum Gasteiger partial charge on any atom is -0.324 e. The van der Waals surface area contributed by atoms with Gasteiger partial charge in [0, 0.05) is 5.69 Å². The van der Waals surface area contributed by atoms with Crippen molar-refractivity contribution >= 4 is 27.3 Å². The number of nitrogens with zero attached hydrogens (tertiary/aromatic N) is 1. The van der Waals surface area contributed by atoms with E-state index in [1.807, 2.05) is 45.0 Å². The summed E-state index contributed by atoms with van der Waals surface area (Å²) in [5.74, 6) is -0.341. The lowest BCUT2D eigenvalue weighted by atomic mass is 10.1. The van der Waals surface area contributed by atoms with Crippen molar-refractivity contribution in [2.24, 2.45) is 0 Å². The maximum atomic E-state index is 12.9. The van der Waals surface area contributed by atoms with Crippen LogP contribution in [-0.4, -0.2) is 26.6 Å². The summed E-state index contributed by atoms with van der Waals surface area (Å²) in [5.41, 5.74) is 4.16. The second-order valence-corrected chi connectivity index (χ2v) is 8.49. The fourth-order valence-corrected chi connectivity index (χ4v) is 4.20. The van der Waals surface area contributed by atoms with Gasteiger partial charge < -0.3 is 5.32 Å². The molecule has 0 saturated heterocycles. The Balaban J connectivity index is 2.40. The Hall–Kier alpha value is -2.34. The van der Waals surface area contributed by atoms with Crippen molar-refractivity contribution in [3.63, 3.8) is 0 Å². The third-order valence-electron chi connectivity index (χ3n) is 4.23. The second-order valence-electron chi connectivity index (χ2n) is 6.63. The molecule has 2 aromatic rings. The van der Waals surface area contributed by atoms with E-state index in [0.717, 1.165) is 22.9 Å². The number of carbonyl (C=O) groups is 1. The van der Waals surface area contributed by atoms with Crippen molar-refractivity contribution < 1.29 is 13.2 Å². The number of hydrogen-bond donors (Lipinski definition) is 1. The summed E-state index contributed by atoms with van der Waals surface area (Å²) in [5, 5.41) is 2.88. The molecule has 140 valence electrons. The van der Waals surface area contributed by atoms with Crippen LogP contribution in [0.4, 0.5) is 11.4 Å². The molecule has 1 amide bonds. The van der Waals surface area contributed by atoms with Gasteiger partial charge in [-0.25, -0.2) is 8.42 Å². The van der Waals surface area contributed by atoms with Crippen LogP contribution in [0.15, 0.2) is 42.5 Å². The molecule has 0 aromatic heterocycles. The van der Waals surface area contributed by atoms with Crippen LogP contribution >= 0.6 is 0 Å². The van der Waals surface area contributed by atoms with Gasteiger partial charge in [-0.15, -0.1) is 0 Å². The van der Waals surface area contributed by atoms with Crippen LogP contribution in [0.1, 0.15) is 30.0 Å². The third-order valence-corrected chi connectivity index (χ3v) is 5.41. The number of aryl methyl sites for hydroxylation is 3. The van der Waals surface area contributed by atoms with E-state index >= 15 is 0 Å². The maximum absolute atomic E-state index is 12.9. The van der Waals surface area contributed by atoms with Gasteiger partial charge in [-0.05, 0) is 56.5 Å². The number of nitrogens with one attached hydrogen (secondary N) is 1. The monoisotopic (exact) mass is 374 g/mol. The normalized spacial score (nSPS) is 12.5. The van der Waals surface area contributed by atoms with E-state index in [4.69, 9.17) is 0 Å². The molecule has 0 radical (unpaired) electrons. The van der Waals surface area contributed by atoms with Crippen LogP contribution in [0.3, 0.4) is 0 Å². The summed E-state index contributed by atoms with van der Waals surface area (Å²) in [7, 11) is -3.63. The molecule has 0 aliphatic heterocycles. The first-order chi connectivity index (χ1) is 12.1. The molecule has 2 aromatic carbocycles. The Morgan fingerprint density at radius 1 is 1.08 bits per heavy atom. The average molecular weight is 375 g/mol. The molecule has 0 aliphatic rings. The van der Waals surface area contributed by atoms with Crippen LogP contribution in [0.25, 0.3) is 0 Å². The predicted molar refractivity (Wildman–Crippen MR) is 107 cm³/mol. The van der Waals surface area contributed by atoms with E-state index in [9.17, 15) is 13.2 Å². The molecule has 0 bridgehead atoms. The minimum atomic E-state index is -3.63. The largest absolute Gasteiger partial charge is 0.324 e. The molecule has 2 rings (SSSR count). The van der Waals surface area contributed by atoms with Crippen molar-refractivity contribution in [2.45, 2.75) is 40.2 Å². The SMILES string of the molecule is CC[C@H](C(=O)Nc1ccc(C)cc1C)N(c1cccc(C)c1)S(C)(=O)=O. The molecule has 0 heterocycles. The number of benzene rings is 2. The van der Waals surface area contributed by atoms with E-state index < -0.39 is 16.1 Å². The van der Waals surface area contributed by atoms with Gasteiger partial charge in [0.1, 0.15) is 6.04 Å². The molecule has 5 nitrogen and oxygen atoms in total. The van der Waals surface area contributed by atoms with Crippen LogP contribution in [0.2, 0.25) is 0 Å². The fraction of sp³-hybridized carbons (Fsp3) is 0.350. The number of rotatable bonds is 6. The zero-order valence-corrected chi connectivity index (χ0v) is 16.7. The van der Waals surface area contributed by atoms with Gasteiger partial charge in [0.25, 0.3) is 0 Å². The zero-order valence-electron chi connectivity index (χ0n) is 15.9. The summed E-state index contributed by atoms with van der Waals surface area (Å²) in [6.07, 6.45) is 1.49. The summed E-state index contributed by atoms with van der Waals surface area (Å²) >= 11 is 0. The summed E-state index contributed by atoms with van der Waals surface area (Å²) in [6.45, 7) is 7.59. The van der Waals surface area contributed by atoms with Crippen LogP contribution in [0, 0.1) is 20.8 Å². The number of amides is 1. The van der Waals surface area contributed by atoms with E-state index in [-0.39, 0.29) is 5.91 Å². The highest BCUT2D eigenvalue weighted by molar-refractivity contribution is 7.92. The first-order valence-electron chi connectivity index (χ1n) is 8.57. The Labute approximate surface area is 156 Å². The Kier molecular flexibility index (Phi) is 6.08. The molecular formula is C20H26N2O3S. The fourth-order valence-electron chi connectivity index (χ4n) is 3.00. The number of sulfonamides is 1. The quantitative estimate of drug-likeness (QED) is 0.836. The number of carbonyl (C=O) groups excluding carboxylic acids is 1. The maximum Gasteiger partial charge on any atom is 0.248 e. The smallest absolute Gasteiger partial charge is 0.248 e. The molecule has 0 spiro atoms. The molecule has 26 heavy (non-hydrogen) atoms. The Morgan fingerprint density at radius 3 is 2.27 bits per heavy atom. The first-order valence-corrected chi connectivity index (χ1v) is 10.4. The van der Waals surface area contributed by atoms with Crippen molar-refractivity contribution in [3.05, 3.63) is 59.2 Å². The van der Waals surface area contributed by atoms with Gasteiger partial charge in [-0.1, -0.05) is 36.8 Å². The highest BCUT2D eigenvalue weighted by Crippen LogP contribution is 2.25. The lowest BCUT2D eigenvalue weighted by Crippen LogP contribution is -2.47. The highest BCUT2D eigenvalue weighted by atomic mass is 32.2. The van der Waals surface area contributed by atoms with Crippen LogP contribution < -0.4 is 9.62 Å². The standard InChI is InChI=1S/C20H26N2O3S/c1-6-19(20(23)21-18-11-10-15(3)12-16(18)4)22(26(5,24)25)17-9-7-8-14(2)13-17/h7-13,19H,6H2,1-5H3,(H,21,23)/t19-/m1/s1. The van der Waals surface area contributed by atoms with Gasteiger partial charge in [0.2, 0.25) is 15.9 Å². The number of anilines is 2. The first kappa shape index (κ1) is 20.0. The molecule has 6 heteroatoms. The molecule has 0 fully saturated rings. The van der Waals surface area contributed by atoms with Crippen molar-refractivity contribution in [2.75, 3.05) is 15.9 Å². The van der Waals surface area contributed by atoms with Gasteiger partial charge in [-0.2, -0.15) is 0 Å². The van der Waals surface area contributed by atoms with Gasteiger partial charge in [0.05, 0.1) is 11.9 Å². The molecule has 0 saturated carbocycles. The third kappa shape index (κ3) is 4.64. The second kappa shape index (κ2) is 7.91. The van der Waals surface area contributed by atoms with Crippen LogP contribution in [0.5, 0.6) is 0 Å². The molecular weight excluding hydrogens is 348 g/mol. The van der Waals surface area contributed by atoms with Crippen molar-refractivity contribution in [1.82, 2.24) is 0 Å². The summed E-state index contributed by atoms with van der Waals surface area (Å²) in [4.78, 5) is 12.9. The topological polar surface area (TPSA) is 66.5 Å². The lowest BCUT2D eigenvalue weighted by molar-refractivity contribution is -0.117. The Bertz CT molecular complexity index is 907. The molecule has 1 N–H and O–H groups in total. The van der Waals surface area contributed by atoms with Crippen molar-refractivity contribution in [1.29, 1.82) is 0 Å². The van der Waals surface area contributed by atoms with E-state index in [2.05, 4.69) is 5.32 Å². The zero-order chi connectivity index (χ0) is 19.5. The predicted octanol–water partition coefficient (Wildman–Crippen LogP) is 3.80. The van der Waals surface area contributed by atoms with Crippen LogP contribution in [-0.2, 0) is 14.8 Å². The molecule has 0 unspecified atom stereocenters. The minimum absolute atomic E-state index is 0.341. The van der Waals surface area contributed by atoms with Crippen molar-refractivity contribution in [3.8, 4) is 0 Å². The number of hydrogen-bond acceptors (Lipinski definition) is 3. The van der Waals surface area contributed by atoms with Gasteiger partial charge >= 0.3 is 0 Å². The van der Waals surface area contributed by atoms with Gasteiger partial charge in [0.15, 0.2) is 0 Å². The lowest BCUT2D eigenvalue weighted by Gasteiger charge is -2.30. The molecule has 0 aliphatic carbocycles. The highest BCUT2D eigenvalue weighted by Gasteiger charge is 2.31.